The molecule has 1 saturated carbocycles. The van der Waals surface area contributed by atoms with Gasteiger partial charge in [0.1, 0.15) is 10.7 Å². The molecule has 0 spiro atoms. The quantitative estimate of drug-likeness (QED) is 0.647. The van der Waals surface area contributed by atoms with E-state index in [1.807, 2.05) is 0 Å². The minimum Gasteiger partial charge on any atom is -0.452 e. The predicted octanol–water partition coefficient (Wildman–Crippen LogP) is 3.01. The van der Waals surface area contributed by atoms with Crippen molar-refractivity contribution in [3.63, 3.8) is 0 Å². The molecule has 1 fully saturated rings. The Morgan fingerprint density at radius 1 is 1.38 bits per heavy atom. The van der Waals surface area contributed by atoms with Gasteiger partial charge in [-0.15, -0.1) is 0 Å². The van der Waals surface area contributed by atoms with Crippen LogP contribution in [0.5, 0.6) is 0 Å². The van der Waals surface area contributed by atoms with Gasteiger partial charge >= 0.3 is 0 Å². The smallest absolute Gasteiger partial charge is 0.244 e. The average Bonchev–Trinajstić information content (AvgIpc) is 3.14. The molecule has 120 valence electrons. The van der Waals surface area contributed by atoms with Gasteiger partial charge in [0.2, 0.25) is 10.0 Å². The highest BCUT2D eigenvalue weighted by Crippen LogP contribution is 2.48. The van der Waals surface area contributed by atoms with Gasteiger partial charge in [0.25, 0.3) is 0 Å². The number of halogens is 1. The Labute approximate surface area is 135 Å². The van der Waals surface area contributed by atoms with Crippen molar-refractivity contribution >= 4 is 26.0 Å². The van der Waals surface area contributed by atoms with Gasteiger partial charge in [0.05, 0.1) is 6.54 Å². The summed E-state index contributed by atoms with van der Waals surface area (Å²) in [5, 5.41) is 3.19. The maximum absolute atomic E-state index is 12.4. The monoisotopic (exact) mass is 378 g/mol. The van der Waals surface area contributed by atoms with Crippen molar-refractivity contribution in [3.8, 4) is 0 Å². The molecule has 0 aliphatic heterocycles. The first-order valence-corrected chi connectivity index (χ1v) is 9.68. The topological polar surface area (TPSA) is 71.3 Å². The van der Waals surface area contributed by atoms with Crippen molar-refractivity contribution in [2.24, 2.45) is 5.41 Å². The van der Waals surface area contributed by atoms with Crippen LogP contribution in [0.3, 0.4) is 0 Å². The van der Waals surface area contributed by atoms with E-state index in [-0.39, 0.29) is 15.0 Å². The van der Waals surface area contributed by atoms with Gasteiger partial charge in [-0.05, 0) is 53.6 Å². The first-order valence-electron chi connectivity index (χ1n) is 7.41. The van der Waals surface area contributed by atoms with Crippen molar-refractivity contribution in [3.05, 3.63) is 16.5 Å². The number of sulfonamides is 1. The van der Waals surface area contributed by atoms with E-state index >= 15 is 0 Å². The molecule has 2 rings (SSSR count). The summed E-state index contributed by atoms with van der Waals surface area (Å²) in [6, 6.07) is 1.58. The highest BCUT2D eigenvalue weighted by atomic mass is 79.9. The molecule has 1 aliphatic carbocycles. The van der Waals surface area contributed by atoms with Crippen molar-refractivity contribution in [1.82, 2.24) is 10.0 Å². The number of hydrogen-bond donors (Lipinski definition) is 2. The van der Waals surface area contributed by atoms with Crippen LogP contribution in [-0.4, -0.2) is 21.5 Å². The SMILES string of the molecule is CCCNCc1cc(S(=O)(=O)NCC2(CC)CC2)c(Br)o1. The summed E-state index contributed by atoms with van der Waals surface area (Å²) in [6.07, 6.45) is 4.23. The second kappa shape index (κ2) is 6.81. The van der Waals surface area contributed by atoms with E-state index in [0.717, 1.165) is 32.2 Å². The van der Waals surface area contributed by atoms with Gasteiger partial charge in [-0.1, -0.05) is 13.8 Å². The van der Waals surface area contributed by atoms with Gasteiger partial charge in [-0.25, -0.2) is 13.1 Å². The third kappa shape index (κ3) is 4.31. The van der Waals surface area contributed by atoms with Crippen molar-refractivity contribution in [1.29, 1.82) is 0 Å². The number of rotatable bonds is 9. The van der Waals surface area contributed by atoms with Crippen LogP contribution in [0.4, 0.5) is 0 Å². The Kier molecular flexibility index (Phi) is 5.51. The molecule has 0 amide bonds. The molecule has 0 saturated heterocycles. The predicted molar refractivity (Wildman–Crippen MR) is 85.6 cm³/mol. The highest BCUT2D eigenvalue weighted by Gasteiger charge is 2.41. The Hall–Kier alpha value is -0.370. The van der Waals surface area contributed by atoms with Crippen molar-refractivity contribution < 1.29 is 12.8 Å². The van der Waals surface area contributed by atoms with Crippen LogP contribution in [0, 0.1) is 5.41 Å². The molecule has 2 N–H and O–H groups in total. The Balaban J connectivity index is 2.02. The van der Waals surface area contributed by atoms with Crippen LogP contribution >= 0.6 is 15.9 Å². The van der Waals surface area contributed by atoms with E-state index in [0.29, 0.717) is 18.8 Å². The summed E-state index contributed by atoms with van der Waals surface area (Å²) in [5.41, 5.74) is 0.175. The van der Waals surface area contributed by atoms with E-state index in [4.69, 9.17) is 4.42 Å². The fraction of sp³-hybridized carbons (Fsp3) is 0.714. The molecule has 0 bridgehead atoms. The van der Waals surface area contributed by atoms with Crippen LogP contribution < -0.4 is 10.0 Å². The van der Waals surface area contributed by atoms with Gasteiger partial charge in [0, 0.05) is 12.6 Å². The second-order valence-electron chi connectivity index (χ2n) is 5.71. The first kappa shape index (κ1) is 17.0. The summed E-state index contributed by atoms with van der Waals surface area (Å²) < 4.78 is 33.2. The molecular formula is C14H23BrN2O3S. The maximum atomic E-state index is 12.4. The van der Waals surface area contributed by atoms with Crippen LogP contribution in [-0.2, 0) is 16.6 Å². The molecule has 1 aliphatic rings. The fourth-order valence-corrected chi connectivity index (χ4v) is 4.37. The first-order chi connectivity index (χ1) is 9.92. The Morgan fingerprint density at radius 3 is 2.67 bits per heavy atom. The van der Waals surface area contributed by atoms with Gasteiger partial charge in [-0.3, -0.25) is 0 Å². The molecule has 1 heterocycles. The summed E-state index contributed by atoms with van der Waals surface area (Å²) >= 11 is 3.20. The molecule has 7 heteroatoms. The number of nitrogens with one attached hydrogen (secondary N) is 2. The number of furan rings is 1. The number of hydrogen-bond acceptors (Lipinski definition) is 4. The summed E-state index contributed by atoms with van der Waals surface area (Å²) in [4.78, 5) is 0.183. The van der Waals surface area contributed by atoms with Gasteiger partial charge in [0.15, 0.2) is 4.67 Å². The molecule has 1 aromatic heterocycles. The molecule has 0 unspecified atom stereocenters. The minimum absolute atomic E-state index is 0.175. The highest BCUT2D eigenvalue weighted by molar-refractivity contribution is 9.10. The molecule has 0 radical (unpaired) electrons. The zero-order chi connectivity index (χ0) is 15.5. The van der Waals surface area contributed by atoms with Crippen LogP contribution in [0.15, 0.2) is 20.0 Å². The van der Waals surface area contributed by atoms with Gasteiger partial charge < -0.3 is 9.73 Å². The second-order valence-corrected chi connectivity index (χ2v) is 8.16. The normalized spacial score (nSPS) is 17.1. The lowest BCUT2D eigenvalue weighted by atomic mass is 10.1. The van der Waals surface area contributed by atoms with Crippen LogP contribution in [0.25, 0.3) is 0 Å². The molecule has 21 heavy (non-hydrogen) atoms. The zero-order valence-electron chi connectivity index (χ0n) is 12.5. The molecule has 1 aromatic rings. The Bertz CT molecular complexity index is 579. The fourth-order valence-electron chi connectivity index (χ4n) is 2.21. The lowest BCUT2D eigenvalue weighted by Crippen LogP contribution is -2.30. The standard InChI is InChI=1S/C14H23BrN2O3S/c1-3-7-16-9-11-8-12(13(15)20-11)21(18,19)17-10-14(4-2)5-6-14/h8,16-17H,3-7,9-10H2,1-2H3. The summed E-state index contributed by atoms with van der Waals surface area (Å²) in [6.45, 7) is 6.09. The lowest BCUT2D eigenvalue weighted by Gasteiger charge is -2.13. The van der Waals surface area contributed by atoms with Crippen LogP contribution in [0.1, 0.15) is 45.3 Å². The van der Waals surface area contributed by atoms with E-state index < -0.39 is 10.0 Å². The van der Waals surface area contributed by atoms with E-state index in [9.17, 15) is 8.42 Å². The van der Waals surface area contributed by atoms with E-state index in [1.54, 1.807) is 6.07 Å². The van der Waals surface area contributed by atoms with Crippen molar-refractivity contribution in [2.45, 2.75) is 51.0 Å². The zero-order valence-corrected chi connectivity index (χ0v) is 14.9. The van der Waals surface area contributed by atoms with E-state index in [1.165, 1.54) is 0 Å². The van der Waals surface area contributed by atoms with E-state index in [2.05, 4.69) is 39.8 Å². The molecule has 0 aromatic carbocycles. The third-order valence-electron chi connectivity index (χ3n) is 4.07. The molecular weight excluding hydrogens is 356 g/mol. The summed E-state index contributed by atoms with van der Waals surface area (Å²) in [5.74, 6) is 0.618. The summed E-state index contributed by atoms with van der Waals surface area (Å²) in [7, 11) is -3.52. The largest absolute Gasteiger partial charge is 0.452 e. The average molecular weight is 379 g/mol. The van der Waals surface area contributed by atoms with Crippen molar-refractivity contribution in [2.75, 3.05) is 13.1 Å². The molecule has 5 nitrogen and oxygen atoms in total. The third-order valence-corrected chi connectivity index (χ3v) is 6.32. The lowest BCUT2D eigenvalue weighted by molar-refractivity contribution is 0.458. The molecule has 0 atom stereocenters. The Morgan fingerprint density at radius 2 is 2.10 bits per heavy atom. The maximum Gasteiger partial charge on any atom is 0.244 e. The minimum atomic E-state index is -3.52. The van der Waals surface area contributed by atoms with Crippen LogP contribution in [0.2, 0.25) is 0 Å². The van der Waals surface area contributed by atoms with Gasteiger partial charge in [-0.2, -0.15) is 0 Å².